The van der Waals surface area contributed by atoms with Crippen LogP contribution in [0.5, 0.6) is 5.75 Å². The fourth-order valence-corrected chi connectivity index (χ4v) is 3.11. The van der Waals surface area contributed by atoms with Crippen molar-refractivity contribution in [1.29, 1.82) is 0 Å². The zero-order valence-electron chi connectivity index (χ0n) is 12.2. The summed E-state index contributed by atoms with van der Waals surface area (Å²) in [6.07, 6.45) is 1.97. The van der Waals surface area contributed by atoms with Crippen LogP contribution >= 0.6 is 0 Å². The summed E-state index contributed by atoms with van der Waals surface area (Å²) in [6.45, 7) is 4.32. The molecule has 2 aliphatic heterocycles. The maximum Gasteiger partial charge on any atom is 0.320 e. The molecule has 2 saturated heterocycles. The Labute approximate surface area is 125 Å². The molecule has 0 atom stereocenters. The van der Waals surface area contributed by atoms with Gasteiger partial charge in [-0.25, -0.2) is 4.79 Å². The van der Waals surface area contributed by atoms with Gasteiger partial charge >= 0.3 is 6.03 Å². The second kappa shape index (κ2) is 6.35. The number of rotatable bonds is 1. The van der Waals surface area contributed by atoms with E-state index in [1.54, 1.807) is 12.1 Å². The van der Waals surface area contributed by atoms with Crippen LogP contribution in [0.2, 0.25) is 0 Å². The minimum absolute atomic E-state index is 0.155. The first-order valence-electron chi connectivity index (χ1n) is 7.64. The maximum atomic E-state index is 12.4. The standard InChI is InChI=1S/C16H22N2O3/c19-15-3-1-13(2-4-15)14-5-7-17(8-6-14)16(20)18-9-11-21-12-10-18/h1-4,14,19H,5-12H2. The predicted molar refractivity (Wildman–Crippen MR) is 79.4 cm³/mol. The summed E-state index contributed by atoms with van der Waals surface area (Å²) >= 11 is 0. The number of piperidine rings is 1. The molecular weight excluding hydrogens is 268 g/mol. The molecule has 5 heteroatoms. The number of phenolic OH excluding ortho intramolecular Hbond substituents is 1. The topological polar surface area (TPSA) is 53.0 Å². The lowest BCUT2D eigenvalue weighted by molar-refractivity contribution is 0.0411. The molecule has 21 heavy (non-hydrogen) atoms. The normalized spacial score (nSPS) is 20.6. The first kappa shape index (κ1) is 14.2. The molecule has 2 heterocycles. The molecule has 0 unspecified atom stereocenters. The molecule has 0 aromatic heterocycles. The van der Waals surface area contributed by atoms with Crippen molar-refractivity contribution in [2.45, 2.75) is 18.8 Å². The molecule has 0 aliphatic carbocycles. The molecule has 0 radical (unpaired) electrons. The summed E-state index contributed by atoms with van der Waals surface area (Å²) < 4.78 is 5.29. The second-order valence-corrected chi connectivity index (χ2v) is 5.73. The van der Waals surface area contributed by atoms with E-state index in [0.717, 1.165) is 25.9 Å². The monoisotopic (exact) mass is 290 g/mol. The van der Waals surface area contributed by atoms with E-state index < -0.39 is 0 Å². The van der Waals surface area contributed by atoms with Crippen LogP contribution in [0.4, 0.5) is 4.79 Å². The van der Waals surface area contributed by atoms with Gasteiger partial charge in [0.25, 0.3) is 0 Å². The Kier molecular flexibility index (Phi) is 4.29. The van der Waals surface area contributed by atoms with Gasteiger partial charge in [0, 0.05) is 26.2 Å². The van der Waals surface area contributed by atoms with E-state index in [-0.39, 0.29) is 6.03 Å². The summed E-state index contributed by atoms with van der Waals surface area (Å²) in [5.74, 6) is 0.790. The zero-order chi connectivity index (χ0) is 14.7. The number of ether oxygens (including phenoxy) is 1. The van der Waals surface area contributed by atoms with E-state index in [4.69, 9.17) is 4.74 Å². The Hall–Kier alpha value is -1.75. The van der Waals surface area contributed by atoms with Gasteiger partial charge in [-0.15, -0.1) is 0 Å². The molecule has 2 fully saturated rings. The molecular formula is C16H22N2O3. The number of carbonyl (C=O) groups excluding carboxylic acids is 1. The van der Waals surface area contributed by atoms with E-state index in [9.17, 15) is 9.90 Å². The minimum atomic E-state index is 0.155. The van der Waals surface area contributed by atoms with E-state index in [1.807, 2.05) is 21.9 Å². The molecule has 2 aliphatic rings. The minimum Gasteiger partial charge on any atom is -0.508 e. The van der Waals surface area contributed by atoms with Crippen LogP contribution < -0.4 is 0 Å². The summed E-state index contributed by atoms with van der Waals surface area (Å²) in [4.78, 5) is 16.3. The number of nitrogens with zero attached hydrogens (tertiary/aromatic N) is 2. The largest absolute Gasteiger partial charge is 0.508 e. The Morgan fingerprint density at radius 3 is 2.19 bits per heavy atom. The summed E-state index contributed by atoms with van der Waals surface area (Å²) in [7, 11) is 0. The molecule has 2 amide bonds. The van der Waals surface area contributed by atoms with Crippen molar-refractivity contribution in [1.82, 2.24) is 9.80 Å². The van der Waals surface area contributed by atoms with Crippen molar-refractivity contribution >= 4 is 6.03 Å². The molecule has 0 spiro atoms. The third-order valence-corrected chi connectivity index (χ3v) is 4.41. The predicted octanol–water partition coefficient (Wildman–Crippen LogP) is 2.02. The smallest absolute Gasteiger partial charge is 0.320 e. The van der Waals surface area contributed by atoms with Gasteiger partial charge in [-0.2, -0.15) is 0 Å². The number of aromatic hydroxyl groups is 1. The van der Waals surface area contributed by atoms with Crippen molar-refractivity contribution in [3.8, 4) is 5.75 Å². The molecule has 1 aromatic rings. The van der Waals surface area contributed by atoms with E-state index in [0.29, 0.717) is 38.0 Å². The van der Waals surface area contributed by atoms with Gasteiger partial charge in [0.1, 0.15) is 5.75 Å². The number of carbonyl (C=O) groups is 1. The molecule has 0 bridgehead atoms. The van der Waals surface area contributed by atoms with Crippen LogP contribution in [-0.4, -0.2) is 60.3 Å². The number of phenols is 1. The van der Waals surface area contributed by atoms with E-state index in [1.165, 1.54) is 5.56 Å². The highest BCUT2D eigenvalue weighted by Crippen LogP contribution is 2.29. The van der Waals surface area contributed by atoms with Crippen LogP contribution in [0.1, 0.15) is 24.3 Å². The van der Waals surface area contributed by atoms with Gasteiger partial charge in [-0.1, -0.05) is 12.1 Å². The summed E-state index contributed by atoms with van der Waals surface area (Å²) in [5, 5.41) is 9.35. The Morgan fingerprint density at radius 2 is 1.57 bits per heavy atom. The molecule has 5 nitrogen and oxygen atoms in total. The zero-order valence-corrected chi connectivity index (χ0v) is 12.2. The van der Waals surface area contributed by atoms with E-state index >= 15 is 0 Å². The van der Waals surface area contributed by atoms with Crippen molar-refractivity contribution in [3.63, 3.8) is 0 Å². The lowest BCUT2D eigenvalue weighted by Crippen LogP contribution is -2.50. The van der Waals surface area contributed by atoms with Crippen molar-refractivity contribution in [2.75, 3.05) is 39.4 Å². The number of hydrogen-bond donors (Lipinski definition) is 1. The van der Waals surface area contributed by atoms with Crippen molar-refractivity contribution in [3.05, 3.63) is 29.8 Å². The summed E-state index contributed by atoms with van der Waals surface area (Å²) in [6, 6.07) is 7.60. The Bertz CT molecular complexity index is 475. The highest BCUT2D eigenvalue weighted by Gasteiger charge is 2.27. The average molecular weight is 290 g/mol. The van der Waals surface area contributed by atoms with Gasteiger partial charge in [0.15, 0.2) is 0 Å². The van der Waals surface area contributed by atoms with E-state index in [2.05, 4.69) is 0 Å². The maximum absolute atomic E-state index is 12.4. The van der Waals surface area contributed by atoms with Gasteiger partial charge < -0.3 is 19.6 Å². The Balaban J connectivity index is 1.54. The highest BCUT2D eigenvalue weighted by atomic mass is 16.5. The molecule has 1 aromatic carbocycles. The molecule has 114 valence electrons. The third-order valence-electron chi connectivity index (χ3n) is 4.41. The van der Waals surface area contributed by atoms with Crippen LogP contribution in [-0.2, 0) is 4.74 Å². The van der Waals surface area contributed by atoms with Gasteiger partial charge in [-0.05, 0) is 36.5 Å². The Morgan fingerprint density at radius 1 is 1.00 bits per heavy atom. The quantitative estimate of drug-likeness (QED) is 0.861. The lowest BCUT2D eigenvalue weighted by atomic mass is 9.89. The number of hydrogen-bond acceptors (Lipinski definition) is 3. The number of amides is 2. The second-order valence-electron chi connectivity index (χ2n) is 5.73. The SMILES string of the molecule is O=C(N1CCOCC1)N1CCC(c2ccc(O)cc2)CC1. The van der Waals surface area contributed by atoms with Crippen LogP contribution in [0.25, 0.3) is 0 Å². The number of morpholine rings is 1. The van der Waals surface area contributed by atoms with Crippen LogP contribution in [0.3, 0.4) is 0 Å². The van der Waals surface area contributed by atoms with Crippen LogP contribution in [0, 0.1) is 0 Å². The third kappa shape index (κ3) is 3.29. The fraction of sp³-hybridized carbons (Fsp3) is 0.562. The summed E-state index contributed by atoms with van der Waals surface area (Å²) in [5.41, 5.74) is 1.26. The van der Waals surface area contributed by atoms with Crippen LogP contribution in [0.15, 0.2) is 24.3 Å². The number of benzene rings is 1. The highest BCUT2D eigenvalue weighted by molar-refractivity contribution is 5.74. The lowest BCUT2D eigenvalue weighted by Gasteiger charge is -2.37. The van der Waals surface area contributed by atoms with Crippen molar-refractivity contribution < 1.29 is 14.6 Å². The number of likely N-dealkylation sites (tertiary alicyclic amines) is 1. The molecule has 0 saturated carbocycles. The first-order valence-corrected chi connectivity index (χ1v) is 7.64. The van der Waals surface area contributed by atoms with Crippen molar-refractivity contribution in [2.24, 2.45) is 0 Å². The van der Waals surface area contributed by atoms with Gasteiger partial charge in [-0.3, -0.25) is 0 Å². The number of urea groups is 1. The molecule has 3 rings (SSSR count). The fourth-order valence-electron chi connectivity index (χ4n) is 3.11. The molecule has 1 N–H and O–H groups in total. The van der Waals surface area contributed by atoms with Gasteiger partial charge in [0.05, 0.1) is 13.2 Å². The van der Waals surface area contributed by atoms with Gasteiger partial charge in [0.2, 0.25) is 0 Å². The first-order chi connectivity index (χ1) is 10.2. The average Bonchev–Trinajstić information content (AvgIpc) is 2.56.